The summed E-state index contributed by atoms with van der Waals surface area (Å²) >= 11 is 0. The van der Waals surface area contributed by atoms with Gasteiger partial charge in [0.2, 0.25) is 0 Å². The lowest BCUT2D eigenvalue weighted by atomic mass is 10.1. The molecule has 2 aromatic rings. The number of para-hydroxylation sites is 1. The fourth-order valence-corrected chi connectivity index (χ4v) is 2.33. The van der Waals surface area contributed by atoms with Gasteiger partial charge in [0.1, 0.15) is 18.1 Å². The standard InChI is InChI=1S/C20H27NO2/c1-15(2)14-23-19-10-6-9-18(13-19)21-11-12-22-20-16(3)7-5-8-17(20)4/h5-10,13,15,21H,11-12,14H2,1-4H3. The highest BCUT2D eigenvalue weighted by Gasteiger charge is 2.03. The van der Waals surface area contributed by atoms with Crippen LogP contribution in [0.3, 0.4) is 0 Å². The van der Waals surface area contributed by atoms with Gasteiger partial charge >= 0.3 is 0 Å². The first kappa shape index (κ1) is 17.2. The summed E-state index contributed by atoms with van der Waals surface area (Å²) in [6.45, 7) is 10.6. The number of anilines is 1. The number of hydrogen-bond donors (Lipinski definition) is 1. The van der Waals surface area contributed by atoms with E-state index < -0.39 is 0 Å². The van der Waals surface area contributed by atoms with Gasteiger partial charge in [-0.2, -0.15) is 0 Å². The van der Waals surface area contributed by atoms with Gasteiger partial charge in [0, 0.05) is 18.3 Å². The molecule has 3 heteroatoms. The maximum atomic E-state index is 5.90. The van der Waals surface area contributed by atoms with E-state index in [9.17, 15) is 0 Å². The van der Waals surface area contributed by atoms with Crippen LogP contribution in [0.2, 0.25) is 0 Å². The van der Waals surface area contributed by atoms with E-state index in [1.54, 1.807) is 0 Å². The van der Waals surface area contributed by atoms with Crippen LogP contribution in [0.4, 0.5) is 5.69 Å². The monoisotopic (exact) mass is 313 g/mol. The van der Waals surface area contributed by atoms with Crippen LogP contribution < -0.4 is 14.8 Å². The van der Waals surface area contributed by atoms with Crippen LogP contribution in [-0.4, -0.2) is 19.8 Å². The lowest BCUT2D eigenvalue weighted by Crippen LogP contribution is -2.12. The van der Waals surface area contributed by atoms with Gasteiger partial charge in [-0.05, 0) is 43.0 Å². The molecule has 0 saturated carbocycles. The minimum Gasteiger partial charge on any atom is -0.493 e. The quantitative estimate of drug-likeness (QED) is 0.708. The molecule has 0 atom stereocenters. The first-order chi connectivity index (χ1) is 11.1. The summed E-state index contributed by atoms with van der Waals surface area (Å²) in [5, 5.41) is 3.38. The van der Waals surface area contributed by atoms with Crippen molar-refractivity contribution in [3.05, 3.63) is 53.6 Å². The van der Waals surface area contributed by atoms with Crippen molar-refractivity contribution in [2.75, 3.05) is 25.1 Å². The van der Waals surface area contributed by atoms with Crippen molar-refractivity contribution in [3.63, 3.8) is 0 Å². The molecular weight excluding hydrogens is 286 g/mol. The van der Waals surface area contributed by atoms with E-state index in [2.05, 4.69) is 51.2 Å². The average Bonchev–Trinajstić information content (AvgIpc) is 2.52. The van der Waals surface area contributed by atoms with Crippen LogP contribution >= 0.6 is 0 Å². The molecule has 0 aliphatic carbocycles. The van der Waals surface area contributed by atoms with E-state index in [-0.39, 0.29) is 0 Å². The van der Waals surface area contributed by atoms with E-state index in [0.717, 1.165) is 30.3 Å². The lowest BCUT2D eigenvalue weighted by Gasteiger charge is -2.14. The fraction of sp³-hybridized carbons (Fsp3) is 0.400. The third-order valence-corrected chi connectivity index (χ3v) is 3.50. The summed E-state index contributed by atoms with van der Waals surface area (Å²) in [5.74, 6) is 2.42. The second-order valence-electron chi connectivity index (χ2n) is 6.23. The molecular formula is C20H27NO2. The molecule has 1 N–H and O–H groups in total. The molecule has 0 spiro atoms. The normalized spacial score (nSPS) is 10.7. The summed E-state index contributed by atoms with van der Waals surface area (Å²) in [6, 6.07) is 14.3. The maximum absolute atomic E-state index is 5.90. The van der Waals surface area contributed by atoms with Crippen molar-refractivity contribution in [2.45, 2.75) is 27.7 Å². The molecule has 0 radical (unpaired) electrons. The number of nitrogens with one attached hydrogen (secondary N) is 1. The third kappa shape index (κ3) is 5.51. The van der Waals surface area contributed by atoms with Gasteiger partial charge in [-0.25, -0.2) is 0 Å². The van der Waals surface area contributed by atoms with Crippen molar-refractivity contribution in [1.82, 2.24) is 0 Å². The Bertz CT molecular complexity index is 603. The molecule has 0 aliphatic rings. The van der Waals surface area contributed by atoms with Gasteiger partial charge < -0.3 is 14.8 Å². The highest BCUT2D eigenvalue weighted by atomic mass is 16.5. The van der Waals surface area contributed by atoms with Gasteiger partial charge in [0.05, 0.1) is 6.61 Å². The second-order valence-corrected chi connectivity index (χ2v) is 6.23. The largest absolute Gasteiger partial charge is 0.493 e. The van der Waals surface area contributed by atoms with Crippen molar-refractivity contribution in [3.8, 4) is 11.5 Å². The molecule has 0 heterocycles. The minimum atomic E-state index is 0.525. The SMILES string of the molecule is Cc1cccc(C)c1OCCNc1cccc(OCC(C)C)c1. The number of hydrogen-bond acceptors (Lipinski definition) is 3. The molecule has 23 heavy (non-hydrogen) atoms. The van der Waals surface area contributed by atoms with Crippen LogP contribution in [0.5, 0.6) is 11.5 Å². The van der Waals surface area contributed by atoms with E-state index in [0.29, 0.717) is 12.5 Å². The zero-order chi connectivity index (χ0) is 16.7. The Hall–Kier alpha value is -2.16. The van der Waals surface area contributed by atoms with E-state index in [1.807, 2.05) is 24.3 Å². The molecule has 0 saturated heterocycles. The molecule has 124 valence electrons. The van der Waals surface area contributed by atoms with Crippen LogP contribution in [0.25, 0.3) is 0 Å². The van der Waals surface area contributed by atoms with Crippen molar-refractivity contribution in [2.24, 2.45) is 5.92 Å². The zero-order valence-electron chi connectivity index (χ0n) is 14.6. The van der Waals surface area contributed by atoms with Gasteiger partial charge in [0.15, 0.2) is 0 Å². The van der Waals surface area contributed by atoms with Gasteiger partial charge in [0.25, 0.3) is 0 Å². The number of ether oxygens (including phenoxy) is 2. The average molecular weight is 313 g/mol. The van der Waals surface area contributed by atoms with Gasteiger partial charge in [-0.3, -0.25) is 0 Å². The molecule has 3 nitrogen and oxygen atoms in total. The van der Waals surface area contributed by atoms with Gasteiger partial charge in [-0.15, -0.1) is 0 Å². The van der Waals surface area contributed by atoms with Crippen molar-refractivity contribution >= 4 is 5.69 Å². The summed E-state index contributed by atoms with van der Waals surface area (Å²) in [7, 11) is 0. The lowest BCUT2D eigenvalue weighted by molar-refractivity contribution is 0.271. The Morgan fingerprint density at radius 2 is 1.65 bits per heavy atom. The zero-order valence-corrected chi connectivity index (χ0v) is 14.6. The molecule has 0 aromatic heterocycles. The molecule has 0 amide bonds. The van der Waals surface area contributed by atoms with Crippen molar-refractivity contribution < 1.29 is 9.47 Å². The summed E-state index contributed by atoms with van der Waals surface area (Å²) < 4.78 is 11.6. The number of aryl methyl sites for hydroxylation is 2. The number of rotatable bonds is 8. The van der Waals surface area contributed by atoms with E-state index >= 15 is 0 Å². The van der Waals surface area contributed by atoms with Crippen molar-refractivity contribution in [1.29, 1.82) is 0 Å². The van der Waals surface area contributed by atoms with E-state index in [1.165, 1.54) is 11.1 Å². The predicted octanol–water partition coefficient (Wildman–Crippen LogP) is 4.83. The van der Waals surface area contributed by atoms with E-state index in [4.69, 9.17) is 9.47 Å². The molecule has 0 fully saturated rings. The summed E-state index contributed by atoms with van der Waals surface area (Å²) in [5.41, 5.74) is 3.40. The van der Waals surface area contributed by atoms with Crippen LogP contribution in [0, 0.1) is 19.8 Å². The molecule has 0 aliphatic heterocycles. The Labute approximate surface area is 139 Å². The van der Waals surface area contributed by atoms with Crippen LogP contribution in [0.15, 0.2) is 42.5 Å². The first-order valence-corrected chi connectivity index (χ1v) is 8.22. The number of benzene rings is 2. The predicted molar refractivity (Wildman–Crippen MR) is 96.7 cm³/mol. The van der Waals surface area contributed by atoms with Crippen LogP contribution in [0.1, 0.15) is 25.0 Å². The fourth-order valence-electron chi connectivity index (χ4n) is 2.33. The second kappa shape index (κ2) is 8.47. The smallest absolute Gasteiger partial charge is 0.125 e. The molecule has 2 rings (SSSR count). The topological polar surface area (TPSA) is 30.5 Å². The first-order valence-electron chi connectivity index (χ1n) is 8.22. The summed E-state index contributed by atoms with van der Waals surface area (Å²) in [6.07, 6.45) is 0. The Morgan fingerprint density at radius 3 is 2.35 bits per heavy atom. The Kier molecular flexibility index (Phi) is 6.33. The molecule has 0 bridgehead atoms. The Morgan fingerprint density at radius 1 is 0.957 bits per heavy atom. The highest BCUT2D eigenvalue weighted by molar-refractivity contribution is 5.48. The summed E-state index contributed by atoms with van der Waals surface area (Å²) in [4.78, 5) is 0. The minimum absolute atomic E-state index is 0.525. The Balaban J connectivity index is 1.81. The molecule has 2 aromatic carbocycles. The maximum Gasteiger partial charge on any atom is 0.125 e. The molecule has 0 unspecified atom stereocenters. The van der Waals surface area contributed by atoms with Crippen LogP contribution in [-0.2, 0) is 0 Å². The highest BCUT2D eigenvalue weighted by Crippen LogP contribution is 2.22. The van der Waals surface area contributed by atoms with Gasteiger partial charge in [-0.1, -0.05) is 38.1 Å². The third-order valence-electron chi connectivity index (χ3n) is 3.50.